The Morgan fingerprint density at radius 1 is 1.35 bits per heavy atom. The Morgan fingerprint density at radius 2 is 2.05 bits per heavy atom. The molecule has 0 fully saturated rings. The highest BCUT2D eigenvalue weighted by Crippen LogP contribution is 2.29. The number of hydrogen-bond donors (Lipinski definition) is 2. The zero-order chi connectivity index (χ0) is 14.5. The largest absolute Gasteiger partial charge is 0.396 e. The summed E-state index contributed by atoms with van der Waals surface area (Å²) >= 11 is 1.44. The van der Waals surface area contributed by atoms with E-state index in [-0.39, 0.29) is 23.9 Å². The lowest BCUT2D eigenvalue weighted by Gasteiger charge is -2.18. The molecule has 6 heteroatoms. The van der Waals surface area contributed by atoms with Gasteiger partial charge in [-0.1, -0.05) is 6.07 Å². The van der Waals surface area contributed by atoms with Gasteiger partial charge in [0.2, 0.25) is 0 Å². The maximum atomic E-state index is 13.8. The van der Waals surface area contributed by atoms with Gasteiger partial charge in [0.1, 0.15) is 5.69 Å². The normalized spacial score (nSPS) is 11.9. The third kappa shape index (κ3) is 3.13. The van der Waals surface area contributed by atoms with Crippen LogP contribution in [0.3, 0.4) is 0 Å². The third-order valence-electron chi connectivity index (χ3n) is 2.79. The second-order valence-electron chi connectivity index (χ2n) is 4.15. The first kappa shape index (κ1) is 14.4. The Labute approximate surface area is 119 Å². The first-order valence-electron chi connectivity index (χ1n) is 5.95. The van der Waals surface area contributed by atoms with Crippen LogP contribution in [0.4, 0.5) is 14.5 Å². The van der Waals surface area contributed by atoms with Gasteiger partial charge in [-0.2, -0.15) is 5.26 Å². The van der Waals surface area contributed by atoms with Crippen molar-refractivity contribution in [1.82, 2.24) is 0 Å². The van der Waals surface area contributed by atoms with E-state index in [9.17, 15) is 8.78 Å². The summed E-state index contributed by atoms with van der Waals surface area (Å²) in [6.07, 6.45) is 0.333. The fourth-order valence-corrected chi connectivity index (χ4v) is 2.67. The highest BCUT2D eigenvalue weighted by atomic mass is 32.1. The van der Waals surface area contributed by atoms with E-state index in [0.29, 0.717) is 6.42 Å². The third-order valence-corrected chi connectivity index (χ3v) is 3.78. The lowest BCUT2D eigenvalue weighted by atomic mass is 10.1. The predicted octanol–water partition coefficient (Wildman–Crippen LogP) is 3.43. The number of benzene rings is 1. The molecule has 0 saturated carbocycles. The first-order chi connectivity index (χ1) is 9.65. The maximum absolute atomic E-state index is 13.8. The molecule has 0 radical (unpaired) electrons. The summed E-state index contributed by atoms with van der Waals surface area (Å²) in [5.74, 6) is -1.64. The Hall–Kier alpha value is -1.97. The van der Waals surface area contributed by atoms with E-state index in [4.69, 9.17) is 10.4 Å². The topological polar surface area (TPSA) is 56.0 Å². The van der Waals surface area contributed by atoms with Gasteiger partial charge in [0.25, 0.3) is 0 Å². The molecule has 0 saturated heterocycles. The van der Waals surface area contributed by atoms with E-state index in [2.05, 4.69) is 5.32 Å². The minimum absolute atomic E-state index is 0.0691. The smallest absolute Gasteiger partial charge is 0.150 e. The molecule has 1 heterocycles. The number of hydrogen-bond acceptors (Lipinski definition) is 4. The summed E-state index contributed by atoms with van der Waals surface area (Å²) in [6.45, 7) is -0.102. The number of anilines is 1. The predicted molar refractivity (Wildman–Crippen MR) is 73.5 cm³/mol. The first-order valence-corrected chi connectivity index (χ1v) is 6.83. The second-order valence-corrected chi connectivity index (χ2v) is 5.13. The molecule has 0 unspecified atom stereocenters. The minimum Gasteiger partial charge on any atom is -0.396 e. The Bertz CT molecular complexity index is 600. The van der Waals surface area contributed by atoms with Crippen molar-refractivity contribution < 1.29 is 13.9 Å². The van der Waals surface area contributed by atoms with Crippen molar-refractivity contribution in [1.29, 1.82) is 5.26 Å². The molecule has 0 amide bonds. The van der Waals surface area contributed by atoms with Crippen LogP contribution < -0.4 is 5.32 Å². The fourth-order valence-electron chi connectivity index (χ4n) is 1.85. The van der Waals surface area contributed by atoms with Crippen molar-refractivity contribution in [3.05, 3.63) is 51.7 Å². The highest BCUT2D eigenvalue weighted by Gasteiger charge is 2.18. The second kappa shape index (κ2) is 6.46. The Balaban J connectivity index is 2.30. The van der Waals surface area contributed by atoms with E-state index >= 15 is 0 Å². The Kier molecular flexibility index (Phi) is 4.66. The van der Waals surface area contributed by atoms with E-state index in [0.717, 1.165) is 17.0 Å². The number of aliphatic hydroxyl groups excluding tert-OH is 1. The molecule has 1 aromatic heterocycles. The molecular formula is C14H12F2N2OS. The van der Waals surface area contributed by atoms with Crippen LogP contribution in [0.5, 0.6) is 0 Å². The number of nitrogens with one attached hydrogen (secondary N) is 1. The summed E-state index contributed by atoms with van der Waals surface area (Å²) in [7, 11) is 0. The van der Waals surface area contributed by atoms with E-state index in [1.165, 1.54) is 11.3 Å². The summed E-state index contributed by atoms with van der Waals surface area (Å²) in [6, 6.07) is 6.94. The molecule has 1 aromatic carbocycles. The molecule has 0 aliphatic rings. The van der Waals surface area contributed by atoms with Gasteiger partial charge in [0.05, 0.1) is 17.7 Å². The summed E-state index contributed by atoms with van der Waals surface area (Å²) in [4.78, 5) is 0.877. The van der Waals surface area contributed by atoms with Crippen molar-refractivity contribution in [2.45, 2.75) is 12.5 Å². The summed E-state index contributed by atoms with van der Waals surface area (Å²) < 4.78 is 27.7. The number of aliphatic hydroxyl groups is 1. The number of nitrogens with zero attached hydrogens (tertiary/aromatic N) is 1. The molecule has 20 heavy (non-hydrogen) atoms. The molecule has 2 N–H and O–H groups in total. The molecule has 3 nitrogen and oxygen atoms in total. The number of thiophene rings is 1. The Morgan fingerprint density at radius 3 is 2.55 bits per heavy atom. The monoisotopic (exact) mass is 294 g/mol. The van der Waals surface area contributed by atoms with E-state index in [1.54, 1.807) is 6.07 Å². The van der Waals surface area contributed by atoms with Crippen LogP contribution in [0.15, 0.2) is 29.6 Å². The number of halogens is 2. The van der Waals surface area contributed by atoms with Gasteiger partial charge in [-0.25, -0.2) is 8.78 Å². The van der Waals surface area contributed by atoms with Crippen molar-refractivity contribution in [2.75, 3.05) is 11.9 Å². The number of rotatable bonds is 5. The summed E-state index contributed by atoms with van der Waals surface area (Å²) in [5, 5.41) is 22.3. The molecule has 1 atom stereocenters. The van der Waals surface area contributed by atoms with Crippen LogP contribution in [-0.2, 0) is 0 Å². The molecule has 0 aliphatic carbocycles. The van der Waals surface area contributed by atoms with Gasteiger partial charge < -0.3 is 10.4 Å². The molecule has 0 spiro atoms. The molecule has 2 aromatic rings. The molecule has 2 rings (SSSR count). The summed E-state index contributed by atoms with van der Waals surface area (Å²) in [5.41, 5.74) is -0.351. The quantitative estimate of drug-likeness (QED) is 0.888. The van der Waals surface area contributed by atoms with Crippen molar-refractivity contribution in [3.63, 3.8) is 0 Å². The molecule has 0 bridgehead atoms. The van der Waals surface area contributed by atoms with Gasteiger partial charge in [-0.05, 0) is 30.0 Å². The van der Waals surface area contributed by atoms with Crippen molar-refractivity contribution in [3.8, 4) is 6.07 Å². The molecule has 104 valence electrons. The zero-order valence-corrected chi connectivity index (χ0v) is 11.3. The van der Waals surface area contributed by atoms with Crippen LogP contribution in [-0.4, -0.2) is 11.7 Å². The van der Waals surface area contributed by atoms with Crippen LogP contribution in [0.1, 0.15) is 22.9 Å². The lowest BCUT2D eigenvalue weighted by Crippen LogP contribution is -2.13. The highest BCUT2D eigenvalue weighted by molar-refractivity contribution is 7.10. The van der Waals surface area contributed by atoms with Crippen LogP contribution in [0.2, 0.25) is 0 Å². The van der Waals surface area contributed by atoms with Crippen molar-refractivity contribution in [2.24, 2.45) is 0 Å². The standard InChI is InChI=1S/C14H12F2N2OS/c15-10-6-9(8-17)7-11(16)14(10)18-12(3-4-19)13-2-1-5-20-13/h1-2,5-7,12,18-19H,3-4H2/t12-/m0/s1. The maximum Gasteiger partial charge on any atom is 0.150 e. The van der Waals surface area contributed by atoms with Gasteiger partial charge in [0.15, 0.2) is 11.6 Å². The zero-order valence-electron chi connectivity index (χ0n) is 10.4. The van der Waals surface area contributed by atoms with E-state index in [1.807, 2.05) is 17.5 Å². The SMILES string of the molecule is N#Cc1cc(F)c(N[C@@H](CCO)c2cccs2)c(F)c1. The van der Waals surface area contributed by atoms with Crippen LogP contribution >= 0.6 is 11.3 Å². The fraction of sp³-hybridized carbons (Fsp3) is 0.214. The number of nitriles is 1. The van der Waals surface area contributed by atoms with Gasteiger partial charge in [-0.15, -0.1) is 11.3 Å². The molecular weight excluding hydrogens is 282 g/mol. The average Bonchev–Trinajstić information content (AvgIpc) is 2.95. The lowest BCUT2D eigenvalue weighted by molar-refractivity contribution is 0.280. The van der Waals surface area contributed by atoms with Crippen molar-refractivity contribution >= 4 is 17.0 Å². The van der Waals surface area contributed by atoms with Gasteiger partial charge >= 0.3 is 0 Å². The van der Waals surface area contributed by atoms with Gasteiger partial charge in [-0.3, -0.25) is 0 Å². The van der Waals surface area contributed by atoms with Gasteiger partial charge in [0, 0.05) is 11.5 Å². The minimum atomic E-state index is -0.818. The molecule has 0 aliphatic heterocycles. The van der Waals surface area contributed by atoms with Crippen LogP contribution in [0, 0.1) is 23.0 Å². The average molecular weight is 294 g/mol. The van der Waals surface area contributed by atoms with E-state index < -0.39 is 11.6 Å². The van der Waals surface area contributed by atoms with Crippen LogP contribution in [0.25, 0.3) is 0 Å².